The van der Waals surface area contributed by atoms with Crippen LogP contribution in [0.1, 0.15) is 32.0 Å². The quantitative estimate of drug-likeness (QED) is 0.489. The molecule has 6 nitrogen and oxygen atoms in total. The van der Waals surface area contributed by atoms with Gasteiger partial charge in [-0.2, -0.15) is 0 Å². The Balaban J connectivity index is 1.81. The maximum Gasteiger partial charge on any atom is 0.259 e. The normalized spacial score (nSPS) is 10.7. The second kappa shape index (κ2) is 7.75. The van der Waals surface area contributed by atoms with E-state index >= 15 is 0 Å². The van der Waals surface area contributed by atoms with Gasteiger partial charge >= 0.3 is 0 Å². The van der Waals surface area contributed by atoms with Crippen molar-refractivity contribution in [2.75, 3.05) is 18.2 Å². The molecule has 3 N–H and O–H groups in total. The molecule has 2 heterocycles. The van der Waals surface area contributed by atoms with Crippen LogP contribution in [0.4, 0.5) is 11.4 Å². The van der Waals surface area contributed by atoms with Gasteiger partial charge in [0.1, 0.15) is 11.4 Å². The smallest absolute Gasteiger partial charge is 0.259 e. The van der Waals surface area contributed by atoms with Crippen LogP contribution in [0.3, 0.4) is 0 Å². The van der Waals surface area contributed by atoms with Crippen molar-refractivity contribution in [3.05, 3.63) is 95.3 Å². The maximum atomic E-state index is 13.3. The number of fused-ring (bicyclic) bond motifs is 1. The first-order chi connectivity index (χ1) is 14.5. The number of ketones is 1. The Morgan fingerprint density at radius 1 is 1.00 bits per heavy atom. The average molecular weight is 399 g/mol. The molecule has 2 aromatic carbocycles. The number of pyridine rings is 1. The summed E-state index contributed by atoms with van der Waals surface area (Å²) in [6.45, 7) is 1.95. The summed E-state index contributed by atoms with van der Waals surface area (Å²) in [5.41, 5.74) is 9.70. The highest BCUT2D eigenvalue weighted by atomic mass is 16.5. The molecule has 0 aliphatic heterocycles. The number of benzene rings is 2. The molecule has 0 atom stereocenters. The minimum Gasteiger partial charge on any atom is -0.497 e. The number of amides is 1. The molecule has 0 aliphatic rings. The third-order valence-corrected chi connectivity index (χ3v) is 4.93. The molecule has 2 aromatic heterocycles. The molecule has 0 saturated heterocycles. The van der Waals surface area contributed by atoms with E-state index in [0.717, 1.165) is 5.56 Å². The predicted molar refractivity (Wildman–Crippen MR) is 117 cm³/mol. The highest BCUT2D eigenvalue weighted by molar-refractivity contribution is 6.20. The molecule has 150 valence electrons. The lowest BCUT2D eigenvalue weighted by atomic mass is 10.1. The van der Waals surface area contributed by atoms with E-state index in [9.17, 15) is 9.59 Å². The maximum absolute atomic E-state index is 13.3. The molecule has 0 spiro atoms. The third-order valence-electron chi connectivity index (χ3n) is 4.93. The fourth-order valence-electron chi connectivity index (χ4n) is 3.52. The zero-order chi connectivity index (χ0) is 21.3. The summed E-state index contributed by atoms with van der Waals surface area (Å²) in [7, 11) is 1.54. The molecule has 4 aromatic rings. The zero-order valence-corrected chi connectivity index (χ0v) is 16.7. The van der Waals surface area contributed by atoms with Gasteiger partial charge in [-0.05, 0) is 48.9 Å². The van der Waals surface area contributed by atoms with E-state index < -0.39 is 0 Å². The van der Waals surface area contributed by atoms with Crippen molar-refractivity contribution in [1.82, 2.24) is 4.40 Å². The van der Waals surface area contributed by atoms with Crippen LogP contribution in [0.25, 0.3) is 5.52 Å². The number of carbonyl (C=O) groups is 2. The summed E-state index contributed by atoms with van der Waals surface area (Å²) < 4.78 is 6.88. The Kier molecular flexibility index (Phi) is 4.98. The fraction of sp³-hybridized carbons (Fsp3) is 0.0833. The summed E-state index contributed by atoms with van der Waals surface area (Å²) >= 11 is 0. The fourth-order valence-corrected chi connectivity index (χ4v) is 3.52. The largest absolute Gasteiger partial charge is 0.497 e. The van der Waals surface area contributed by atoms with Gasteiger partial charge in [0, 0.05) is 17.4 Å². The van der Waals surface area contributed by atoms with Crippen molar-refractivity contribution < 1.29 is 14.3 Å². The van der Waals surface area contributed by atoms with Crippen LogP contribution in [0, 0.1) is 6.92 Å². The van der Waals surface area contributed by atoms with Gasteiger partial charge in [-0.15, -0.1) is 0 Å². The number of anilines is 2. The van der Waals surface area contributed by atoms with E-state index in [1.165, 1.54) is 0 Å². The first-order valence-corrected chi connectivity index (χ1v) is 9.45. The number of carbonyl (C=O) groups excluding carboxylic acids is 2. The van der Waals surface area contributed by atoms with E-state index in [4.69, 9.17) is 10.5 Å². The number of nitrogens with zero attached hydrogens (tertiary/aromatic N) is 1. The zero-order valence-electron chi connectivity index (χ0n) is 16.7. The number of rotatable bonds is 5. The first-order valence-electron chi connectivity index (χ1n) is 9.45. The van der Waals surface area contributed by atoms with Crippen LogP contribution in [0.5, 0.6) is 5.75 Å². The van der Waals surface area contributed by atoms with Crippen molar-refractivity contribution in [1.29, 1.82) is 0 Å². The summed E-state index contributed by atoms with van der Waals surface area (Å²) in [6.07, 6.45) is 1.72. The monoisotopic (exact) mass is 399 g/mol. The van der Waals surface area contributed by atoms with Crippen molar-refractivity contribution in [2.24, 2.45) is 0 Å². The molecule has 0 saturated carbocycles. The van der Waals surface area contributed by atoms with Gasteiger partial charge in [0.05, 0.1) is 23.9 Å². The SMILES string of the molecule is COc1cccc(C(=O)c2c(N)c(C(=O)Nc3cccc(C)c3)c3ccccn23)c1. The second-order valence-corrected chi connectivity index (χ2v) is 6.98. The van der Waals surface area contributed by atoms with Crippen LogP contribution in [-0.4, -0.2) is 23.2 Å². The Bertz CT molecular complexity index is 1270. The number of aryl methyl sites for hydroxylation is 1. The predicted octanol–water partition coefficient (Wildman–Crippen LogP) is 4.32. The molecule has 0 fully saturated rings. The second-order valence-electron chi connectivity index (χ2n) is 6.98. The molecule has 0 bridgehead atoms. The number of ether oxygens (including phenoxy) is 1. The minimum absolute atomic E-state index is 0.138. The number of nitrogen functional groups attached to an aromatic ring is 1. The molecule has 0 aliphatic carbocycles. The Hall–Kier alpha value is -4.06. The molecule has 1 amide bonds. The molecule has 30 heavy (non-hydrogen) atoms. The lowest BCUT2D eigenvalue weighted by Crippen LogP contribution is -2.14. The molecular weight excluding hydrogens is 378 g/mol. The van der Waals surface area contributed by atoms with Crippen LogP contribution in [-0.2, 0) is 0 Å². The van der Waals surface area contributed by atoms with Crippen LogP contribution < -0.4 is 15.8 Å². The summed E-state index contributed by atoms with van der Waals surface area (Å²) in [4.78, 5) is 26.4. The highest BCUT2D eigenvalue weighted by Gasteiger charge is 2.26. The van der Waals surface area contributed by atoms with Crippen LogP contribution >= 0.6 is 0 Å². The van der Waals surface area contributed by atoms with Crippen LogP contribution in [0.15, 0.2) is 72.9 Å². The number of hydrogen-bond donors (Lipinski definition) is 2. The first kappa shape index (κ1) is 19.3. The number of aromatic nitrogens is 1. The summed E-state index contributed by atoms with van der Waals surface area (Å²) in [5.74, 6) is -0.0913. The highest BCUT2D eigenvalue weighted by Crippen LogP contribution is 2.30. The number of hydrogen-bond acceptors (Lipinski definition) is 4. The van der Waals surface area contributed by atoms with E-state index in [2.05, 4.69) is 5.32 Å². The topological polar surface area (TPSA) is 85.8 Å². The molecule has 0 radical (unpaired) electrons. The molecule has 0 unspecified atom stereocenters. The van der Waals surface area contributed by atoms with Gasteiger partial charge in [-0.25, -0.2) is 0 Å². The average Bonchev–Trinajstić information content (AvgIpc) is 3.05. The number of nitrogens with one attached hydrogen (secondary N) is 1. The lowest BCUT2D eigenvalue weighted by molar-refractivity contribution is 0.102. The van der Waals surface area contributed by atoms with Crippen LogP contribution in [0.2, 0.25) is 0 Å². The van der Waals surface area contributed by atoms with Crippen molar-refractivity contribution in [3.63, 3.8) is 0 Å². The van der Waals surface area contributed by atoms with E-state index in [-0.39, 0.29) is 28.6 Å². The molecule has 4 rings (SSSR count). The van der Waals surface area contributed by atoms with E-state index in [1.807, 2.05) is 31.2 Å². The van der Waals surface area contributed by atoms with Gasteiger partial charge in [0.15, 0.2) is 0 Å². The Labute approximate surface area is 173 Å². The Morgan fingerprint density at radius 3 is 2.57 bits per heavy atom. The van der Waals surface area contributed by atoms with Gasteiger partial charge in [-0.1, -0.05) is 30.3 Å². The van der Waals surface area contributed by atoms with Gasteiger partial charge < -0.3 is 20.2 Å². The van der Waals surface area contributed by atoms with Crippen molar-refractivity contribution in [2.45, 2.75) is 6.92 Å². The lowest BCUT2D eigenvalue weighted by Gasteiger charge is -2.07. The Morgan fingerprint density at radius 2 is 1.80 bits per heavy atom. The third kappa shape index (κ3) is 3.39. The minimum atomic E-state index is -0.369. The summed E-state index contributed by atoms with van der Waals surface area (Å²) in [6, 6.07) is 19.7. The van der Waals surface area contributed by atoms with E-state index in [0.29, 0.717) is 22.5 Å². The van der Waals surface area contributed by atoms with Gasteiger partial charge in [-0.3, -0.25) is 9.59 Å². The number of methoxy groups -OCH3 is 1. The van der Waals surface area contributed by atoms with Crippen molar-refractivity contribution >= 4 is 28.6 Å². The molecular formula is C24H21N3O3. The van der Waals surface area contributed by atoms with Gasteiger partial charge in [0.2, 0.25) is 5.78 Å². The van der Waals surface area contributed by atoms with Crippen molar-refractivity contribution in [3.8, 4) is 5.75 Å². The standard InChI is InChI=1S/C24H21N3O3/c1-15-7-5-9-17(13-15)26-24(29)20-19-11-3-4-12-27(19)22(21(20)25)23(28)16-8-6-10-18(14-16)30-2/h3-14H,25H2,1-2H3,(H,26,29). The molecule has 6 heteroatoms. The number of nitrogens with two attached hydrogens (primary N) is 1. The van der Waals surface area contributed by atoms with E-state index in [1.54, 1.807) is 60.2 Å². The van der Waals surface area contributed by atoms with Gasteiger partial charge in [0.25, 0.3) is 5.91 Å². The summed E-state index contributed by atoms with van der Waals surface area (Å²) in [5, 5.41) is 2.88.